The maximum absolute atomic E-state index is 12.0. The third-order valence-corrected chi connectivity index (χ3v) is 2.66. The molecular weight excluding hydrogens is 224 g/mol. The molecule has 1 aliphatic rings. The lowest BCUT2D eigenvalue weighted by Crippen LogP contribution is -2.49. The van der Waals surface area contributed by atoms with Crippen LogP contribution in [0.5, 0.6) is 5.75 Å². The quantitative estimate of drug-likeness (QED) is 0.693. The lowest BCUT2D eigenvalue weighted by Gasteiger charge is -2.31. The highest BCUT2D eigenvalue weighted by Gasteiger charge is 2.34. The Labute approximate surface area is 97.1 Å². The average Bonchev–Trinajstić information content (AvgIpc) is 2.22. The second kappa shape index (κ2) is 3.73. The van der Waals surface area contributed by atoms with Crippen LogP contribution < -0.4 is 5.43 Å². The van der Waals surface area contributed by atoms with Crippen molar-refractivity contribution in [2.75, 3.05) is 0 Å². The Hall–Kier alpha value is -2.11. The number of hydrogen-bond donors (Lipinski definition) is 1. The van der Waals surface area contributed by atoms with Gasteiger partial charge >= 0.3 is 0 Å². The minimum atomic E-state index is -0.633. The van der Waals surface area contributed by atoms with E-state index in [9.17, 15) is 19.5 Å². The van der Waals surface area contributed by atoms with Crippen molar-refractivity contribution >= 4 is 11.8 Å². The van der Waals surface area contributed by atoms with E-state index in [2.05, 4.69) is 0 Å². The Morgan fingerprint density at radius 1 is 1.29 bits per heavy atom. The van der Waals surface area contributed by atoms with E-state index in [1.54, 1.807) is 13.8 Å². The predicted octanol–water partition coefficient (Wildman–Crippen LogP) is -0.0553. The maximum Gasteiger partial charge on any atom is 0.281 e. The summed E-state index contributed by atoms with van der Waals surface area (Å²) in [5, 5.41) is 9.61. The summed E-state index contributed by atoms with van der Waals surface area (Å²) in [6.45, 7) is 3.35. The second-order valence-corrected chi connectivity index (χ2v) is 4.17. The number of fused-ring (bicyclic) bond motifs is 1. The molecule has 0 aliphatic carbocycles. The lowest BCUT2D eigenvalue weighted by atomic mass is 10.1. The number of nitrogens with zero attached hydrogens (tertiary/aromatic N) is 2. The zero-order valence-corrected chi connectivity index (χ0v) is 9.51. The van der Waals surface area contributed by atoms with Crippen LogP contribution >= 0.6 is 0 Å². The van der Waals surface area contributed by atoms with Crippen LogP contribution in [0.3, 0.4) is 0 Å². The predicted molar refractivity (Wildman–Crippen MR) is 58.7 cm³/mol. The molecule has 0 bridgehead atoms. The molecule has 2 heterocycles. The first-order valence-corrected chi connectivity index (χ1v) is 5.22. The SMILES string of the molecule is CC(C)N1C(=O)Cn2ccc(=O)c(O)c2C1=O. The van der Waals surface area contributed by atoms with Gasteiger partial charge in [0.25, 0.3) is 5.91 Å². The number of pyridine rings is 1. The molecule has 0 fully saturated rings. The van der Waals surface area contributed by atoms with Crippen LogP contribution in [0.15, 0.2) is 17.1 Å². The van der Waals surface area contributed by atoms with Crippen LogP contribution in [0.25, 0.3) is 0 Å². The van der Waals surface area contributed by atoms with Gasteiger partial charge in [0.05, 0.1) is 0 Å². The molecule has 0 aromatic carbocycles. The van der Waals surface area contributed by atoms with Crippen molar-refractivity contribution < 1.29 is 14.7 Å². The summed E-state index contributed by atoms with van der Waals surface area (Å²) in [5.74, 6) is -1.58. The molecule has 1 aliphatic heterocycles. The third kappa shape index (κ3) is 1.61. The summed E-state index contributed by atoms with van der Waals surface area (Å²) >= 11 is 0. The highest BCUT2D eigenvalue weighted by atomic mass is 16.3. The first kappa shape index (κ1) is 11.4. The number of carbonyl (C=O) groups excluding carboxylic acids is 2. The van der Waals surface area contributed by atoms with E-state index in [0.29, 0.717) is 0 Å². The van der Waals surface area contributed by atoms with Crippen molar-refractivity contribution in [1.29, 1.82) is 0 Å². The number of aromatic hydroxyl groups is 1. The minimum absolute atomic E-state index is 0.0485. The zero-order valence-electron chi connectivity index (χ0n) is 9.51. The van der Waals surface area contributed by atoms with E-state index >= 15 is 0 Å². The molecule has 0 radical (unpaired) electrons. The van der Waals surface area contributed by atoms with Crippen LogP contribution in [0.2, 0.25) is 0 Å². The van der Waals surface area contributed by atoms with Crippen molar-refractivity contribution in [2.45, 2.75) is 26.4 Å². The number of amides is 2. The Kier molecular flexibility index (Phi) is 2.49. The maximum atomic E-state index is 12.0. The molecule has 0 saturated carbocycles. The zero-order chi connectivity index (χ0) is 12.7. The van der Waals surface area contributed by atoms with Crippen molar-refractivity contribution in [2.24, 2.45) is 0 Å². The van der Waals surface area contributed by atoms with Gasteiger partial charge in [-0.3, -0.25) is 19.3 Å². The normalized spacial score (nSPS) is 15.4. The number of aromatic nitrogens is 1. The standard InChI is InChI=1S/C11H12N2O4/c1-6(2)13-8(15)5-12-4-3-7(14)10(16)9(12)11(13)17/h3-4,6,16H,5H2,1-2H3. The molecule has 0 saturated heterocycles. The molecule has 6 heteroatoms. The van der Waals surface area contributed by atoms with Gasteiger partial charge in [0, 0.05) is 18.3 Å². The van der Waals surface area contributed by atoms with E-state index in [4.69, 9.17) is 0 Å². The van der Waals surface area contributed by atoms with Gasteiger partial charge in [0.15, 0.2) is 11.4 Å². The molecule has 0 unspecified atom stereocenters. The van der Waals surface area contributed by atoms with Crippen molar-refractivity contribution in [1.82, 2.24) is 9.47 Å². The molecule has 0 spiro atoms. The fraction of sp³-hybridized carbons (Fsp3) is 0.364. The monoisotopic (exact) mass is 236 g/mol. The third-order valence-electron chi connectivity index (χ3n) is 2.66. The molecule has 2 amide bonds. The fourth-order valence-electron chi connectivity index (χ4n) is 1.89. The summed E-state index contributed by atoms with van der Waals surface area (Å²) in [6, 6.07) is 0.822. The molecule has 1 aromatic heterocycles. The lowest BCUT2D eigenvalue weighted by molar-refractivity contribution is -0.131. The Balaban J connectivity index is 2.64. The Morgan fingerprint density at radius 2 is 1.94 bits per heavy atom. The average molecular weight is 236 g/mol. The number of carbonyl (C=O) groups is 2. The highest BCUT2D eigenvalue weighted by Crippen LogP contribution is 2.20. The molecule has 1 aromatic rings. The van der Waals surface area contributed by atoms with Crippen molar-refractivity contribution in [3.63, 3.8) is 0 Å². The van der Waals surface area contributed by atoms with Crippen LogP contribution in [-0.4, -0.2) is 32.4 Å². The van der Waals surface area contributed by atoms with Crippen LogP contribution in [-0.2, 0) is 11.3 Å². The van der Waals surface area contributed by atoms with Gasteiger partial charge < -0.3 is 9.67 Å². The Morgan fingerprint density at radius 3 is 2.53 bits per heavy atom. The van der Waals surface area contributed by atoms with E-state index in [0.717, 1.165) is 11.0 Å². The van der Waals surface area contributed by atoms with E-state index < -0.39 is 17.1 Å². The molecule has 2 rings (SSSR count). The van der Waals surface area contributed by atoms with Gasteiger partial charge in [-0.15, -0.1) is 0 Å². The number of hydrogen-bond acceptors (Lipinski definition) is 4. The van der Waals surface area contributed by atoms with Gasteiger partial charge in [0.1, 0.15) is 6.54 Å². The van der Waals surface area contributed by atoms with Crippen LogP contribution in [0, 0.1) is 0 Å². The second-order valence-electron chi connectivity index (χ2n) is 4.17. The number of rotatable bonds is 1. The van der Waals surface area contributed by atoms with Crippen LogP contribution in [0.1, 0.15) is 24.3 Å². The van der Waals surface area contributed by atoms with Crippen LogP contribution in [0.4, 0.5) is 0 Å². The Bertz CT molecular complexity index is 559. The van der Waals surface area contributed by atoms with Crippen molar-refractivity contribution in [3.8, 4) is 5.75 Å². The number of imide groups is 1. The first-order chi connectivity index (χ1) is 7.93. The largest absolute Gasteiger partial charge is 0.503 e. The molecule has 1 N–H and O–H groups in total. The first-order valence-electron chi connectivity index (χ1n) is 5.22. The van der Waals surface area contributed by atoms with E-state index in [-0.39, 0.29) is 24.2 Å². The molecule has 0 atom stereocenters. The molecule has 90 valence electrons. The van der Waals surface area contributed by atoms with Gasteiger partial charge in [0.2, 0.25) is 11.3 Å². The van der Waals surface area contributed by atoms with E-state index in [1.165, 1.54) is 10.8 Å². The topological polar surface area (TPSA) is 79.6 Å². The summed E-state index contributed by atoms with van der Waals surface area (Å²) < 4.78 is 1.29. The highest BCUT2D eigenvalue weighted by molar-refractivity contribution is 6.07. The smallest absolute Gasteiger partial charge is 0.281 e. The fourth-order valence-corrected chi connectivity index (χ4v) is 1.89. The minimum Gasteiger partial charge on any atom is -0.503 e. The van der Waals surface area contributed by atoms with Gasteiger partial charge in [-0.2, -0.15) is 0 Å². The van der Waals surface area contributed by atoms with Gasteiger partial charge in [-0.05, 0) is 13.8 Å². The molecular formula is C11H12N2O4. The van der Waals surface area contributed by atoms with E-state index in [1.807, 2.05) is 0 Å². The molecule has 6 nitrogen and oxygen atoms in total. The summed E-state index contributed by atoms with van der Waals surface area (Å²) in [5.41, 5.74) is -0.742. The summed E-state index contributed by atoms with van der Waals surface area (Å²) in [6.07, 6.45) is 1.34. The molecule has 17 heavy (non-hydrogen) atoms. The summed E-state index contributed by atoms with van der Waals surface area (Å²) in [4.78, 5) is 36.1. The van der Waals surface area contributed by atoms with Gasteiger partial charge in [-0.1, -0.05) is 0 Å². The summed E-state index contributed by atoms with van der Waals surface area (Å²) in [7, 11) is 0. The van der Waals surface area contributed by atoms with Gasteiger partial charge in [-0.25, -0.2) is 0 Å². The van der Waals surface area contributed by atoms with Crippen molar-refractivity contribution in [3.05, 3.63) is 28.2 Å².